The highest BCUT2D eigenvalue weighted by molar-refractivity contribution is 7.91. The summed E-state index contributed by atoms with van der Waals surface area (Å²) in [6, 6.07) is 8.95. The molecule has 25 heavy (non-hydrogen) atoms. The van der Waals surface area contributed by atoms with Crippen LogP contribution in [0, 0.1) is 6.92 Å². The van der Waals surface area contributed by atoms with Crippen molar-refractivity contribution < 1.29 is 31.5 Å². The summed E-state index contributed by atoms with van der Waals surface area (Å²) in [6.45, 7) is -0.740. The molecule has 2 aromatic rings. The van der Waals surface area contributed by atoms with Crippen LogP contribution < -0.4 is 0 Å². The summed E-state index contributed by atoms with van der Waals surface area (Å²) in [4.78, 5) is 10.9. The molecule has 1 aromatic carbocycles. The van der Waals surface area contributed by atoms with E-state index in [0.717, 1.165) is 6.07 Å². The minimum atomic E-state index is -4.73. The maximum atomic E-state index is 12.9. The van der Waals surface area contributed by atoms with Gasteiger partial charge < -0.3 is 5.11 Å². The topological polar surface area (TPSA) is 74.7 Å². The number of thiophene rings is 1. The number of hydrogen-bond donors (Lipinski definition) is 1. The number of carboxylic acids is 1. The Morgan fingerprint density at radius 1 is 1.24 bits per heavy atom. The molecule has 1 N–H and O–H groups in total. The lowest BCUT2D eigenvalue weighted by atomic mass is 10.2. The Morgan fingerprint density at radius 2 is 1.84 bits per heavy atom. The lowest BCUT2D eigenvalue weighted by molar-refractivity contribution is -0.136. The van der Waals surface area contributed by atoms with Crippen LogP contribution in [0.3, 0.4) is 0 Å². The molecule has 0 radical (unpaired) electrons. The maximum absolute atomic E-state index is 12.9. The molecule has 0 atom stereocenters. The Labute approximate surface area is 146 Å². The first-order valence-corrected chi connectivity index (χ1v) is 9.21. The molecule has 0 aliphatic heterocycles. The second kappa shape index (κ2) is 7.14. The standard InChI is InChI=1S/C15H14F3NO4S2/c1-10-7-12(24-13(10)14(20)21)25(22,23)19(9-15(16,17)18)8-11-5-3-2-4-6-11/h2-7H,8-9H2,1H3,(H,20,21). The van der Waals surface area contributed by atoms with Crippen molar-refractivity contribution >= 4 is 27.3 Å². The molecule has 0 saturated heterocycles. The molecule has 0 spiro atoms. The minimum absolute atomic E-state index is 0.183. The molecular formula is C15H14F3NO4S2. The number of halogens is 3. The fraction of sp³-hybridized carbons (Fsp3) is 0.267. The van der Waals surface area contributed by atoms with Crippen LogP contribution in [0.4, 0.5) is 13.2 Å². The number of benzene rings is 1. The Hall–Kier alpha value is -1.91. The lowest BCUT2D eigenvalue weighted by Gasteiger charge is -2.22. The van der Waals surface area contributed by atoms with Gasteiger partial charge in [-0.1, -0.05) is 30.3 Å². The molecule has 0 bridgehead atoms. The molecule has 0 unspecified atom stereocenters. The van der Waals surface area contributed by atoms with Crippen molar-refractivity contribution in [1.82, 2.24) is 4.31 Å². The van der Waals surface area contributed by atoms with Crippen molar-refractivity contribution in [2.24, 2.45) is 0 Å². The van der Waals surface area contributed by atoms with Crippen molar-refractivity contribution in [2.75, 3.05) is 6.54 Å². The minimum Gasteiger partial charge on any atom is -0.477 e. The molecule has 5 nitrogen and oxygen atoms in total. The van der Waals surface area contributed by atoms with Crippen LogP contribution in [0.15, 0.2) is 40.6 Å². The van der Waals surface area contributed by atoms with Gasteiger partial charge in [-0.15, -0.1) is 11.3 Å². The van der Waals surface area contributed by atoms with E-state index in [1.807, 2.05) is 0 Å². The van der Waals surface area contributed by atoms with E-state index in [4.69, 9.17) is 5.11 Å². The van der Waals surface area contributed by atoms with Crippen LogP contribution in [-0.4, -0.2) is 36.5 Å². The molecule has 1 heterocycles. The number of rotatable bonds is 6. The molecule has 0 saturated carbocycles. The molecule has 0 amide bonds. The van der Waals surface area contributed by atoms with Gasteiger partial charge in [0.2, 0.25) is 0 Å². The van der Waals surface area contributed by atoms with Crippen LogP contribution >= 0.6 is 11.3 Å². The van der Waals surface area contributed by atoms with Gasteiger partial charge in [0.1, 0.15) is 15.6 Å². The van der Waals surface area contributed by atoms with Gasteiger partial charge in [-0.25, -0.2) is 13.2 Å². The number of aromatic carboxylic acids is 1. The van der Waals surface area contributed by atoms with Gasteiger partial charge in [-0.2, -0.15) is 17.5 Å². The Bertz CT molecular complexity index is 861. The monoisotopic (exact) mass is 393 g/mol. The summed E-state index contributed by atoms with van der Waals surface area (Å²) in [5.41, 5.74) is 0.574. The molecule has 10 heteroatoms. The van der Waals surface area contributed by atoms with Gasteiger partial charge in [0.05, 0.1) is 0 Å². The van der Waals surface area contributed by atoms with Gasteiger partial charge >= 0.3 is 12.1 Å². The first-order chi connectivity index (χ1) is 11.5. The van der Waals surface area contributed by atoms with E-state index in [2.05, 4.69) is 0 Å². The van der Waals surface area contributed by atoms with E-state index in [1.54, 1.807) is 18.2 Å². The Kier molecular flexibility index (Phi) is 5.55. The number of carbonyl (C=O) groups is 1. The van der Waals surface area contributed by atoms with E-state index in [9.17, 15) is 26.4 Å². The van der Waals surface area contributed by atoms with E-state index in [0.29, 0.717) is 21.2 Å². The molecule has 2 rings (SSSR count). The average Bonchev–Trinajstić information content (AvgIpc) is 2.89. The van der Waals surface area contributed by atoms with Gasteiger partial charge in [0.25, 0.3) is 10.0 Å². The van der Waals surface area contributed by atoms with Crippen molar-refractivity contribution in [3.8, 4) is 0 Å². The third-order valence-corrected chi connectivity index (χ3v) is 6.71. The van der Waals surface area contributed by atoms with Gasteiger partial charge in [0, 0.05) is 6.54 Å². The highest BCUT2D eigenvalue weighted by Crippen LogP contribution is 2.31. The number of carboxylic acid groups (broad SMARTS) is 1. The molecular weight excluding hydrogens is 379 g/mol. The van der Waals surface area contributed by atoms with E-state index in [1.165, 1.54) is 19.1 Å². The van der Waals surface area contributed by atoms with Crippen molar-refractivity contribution in [1.29, 1.82) is 0 Å². The van der Waals surface area contributed by atoms with Crippen LogP contribution in [0.2, 0.25) is 0 Å². The zero-order chi connectivity index (χ0) is 18.8. The number of nitrogens with zero attached hydrogens (tertiary/aromatic N) is 1. The van der Waals surface area contributed by atoms with Gasteiger partial charge in [-0.3, -0.25) is 0 Å². The molecule has 0 aliphatic rings. The molecule has 1 aromatic heterocycles. The quantitative estimate of drug-likeness (QED) is 0.815. The first kappa shape index (κ1) is 19.4. The summed E-state index contributed by atoms with van der Waals surface area (Å²) in [5, 5.41) is 9.03. The van der Waals surface area contributed by atoms with E-state index in [-0.39, 0.29) is 10.4 Å². The van der Waals surface area contributed by atoms with Crippen LogP contribution in [-0.2, 0) is 16.6 Å². The highest BCUT2D eigenvalue weighted by atomic mass is 32.2. The predicted molar refractivity (Wildman–Crippen MR) is 86.1 cm³/mol. The summed E-state index contributed by atoms with van der Waals surface area (Å²) in [5.74, 6) is -1.32. The van der Waals surface area contributed by atoms with Gasteiger partial charge in [-0.05, 0) is 24.1 Å². The number of aryl methyl sites for hydroxylation is 1. The zero-order valence-electron chi connectivity index (χ0n) is 12.9. The number of hydrogen-bond acceptors (Lipinski definition) is 4. The first-order valence-electron chi connectivity index (χ1n) is 6.95. The Morgan fingerprint density at radius 3 is 2.32 bits per heavy atom. The second-order valence-corrected chi connectivity index (χ2v) is 8.47. The Balaban J connectivity index is 2.44. The SMILES string of the molecule is Cc1cc(S(=O)(=O)N(Cc2ccccc2)CC(F)(F)F)sc1C(=O)O. The summed E-state index contributed by atoms with van der Waals surface area (Å²) in [7, 11) is -4.50. The van der Waals surface area contributed by atoms with Gasteiger partial charge in [0.15, 0.2) is 0 Å². The predicted octanol–water partition coefficient (Wildman–Crippen LogP) is 3.51. The third kappa shape index (κ3) is 4.80. The van der Waals surface area contributed by atoms with Crippen LogP contribution in [0.5, 0.6) is 0 Å². The average molecular weight is 393 g/mol. The zero-order valence-corrected chi connectivity index (χ0v) is 14.6. The normalized spacial score (nSPS) is 12.5. The van der Waals surface area contributed by atoms with Crippen LogP contribution in [0.25, 0.3) is 0 Å². The molecule has 136 valence electrons. The van der Waals surface area contributed by atoms with E-state index < -0.39 is 39.5 Å². The highest BCUT2D eigenvalue weighted by Gasteiger charge is 2.38. The molecule has 0 aliphatic carbocycles. The smallest absolute Gasteiger partial charge is 0.402 e. The fourth-order valence-electron chi connectivity index (χ4n) is 2.13. The lowest BCUT2D eigenvalue weighted by Crippen LogP contribution is -2.38. The van der Waals surface area contributed by atoms with E-state index >= 15 is 0 Å². The summed E-state index contributed by atoms with van der Waals surface area (Å²) < 4.78 is 63.8. The number of alkyl halides is 3. The van der Waals surface area contributed by atoms with Crippen LogP contribution in [0.1, 0.15) is 20.8 Å². The molecule has 0 fully saturated rings. The second-order valence-electron chi connectivity index (χ2n) is 5.26. The van der Waals surface area contributed by atoms with Crippen molar-refractivity contribution in [3.63, 3.8) is 0 Å². The van der Waals surface area contributed by atoms with Crippen molar-refractivity contribution in [3.05, 3.63) is 52.4 Å². The summed E-state index contributed by atoms with van der Waals surface area (Å²) >= 11 is 0.443. The largest absolute Gasteiger partial charge is 0.477 e. The summed E-state index contributed by atoms with van der Waals surface area (Å²) in [6.07, 6.45) is -4.73. The maximum Gasteiger partial charge on any atom is 0.402 e. The third-order valence-electron chi connectivity index (χ3n) is 3.24. The van der Waals surface area contributed by atoms with Crippen molar-refractivity contribution in [2.45, 2.75) is 23.9 Å². The fourth-order valence-corrected chi connectivity index (χ4v) is 5.08. The number of sulfonamides is 1.